The first kappa shape index (κ1) is 18.7. The predicted octanol–water partition coefficient (Wildman–Crippen LogP) is 3.17. The summed E-state index contributed by atoms with van der Waals surface area (Å²) in [5.41, 5.74) is 5.44. The second-order valence-electron chi connectivity index (χ2n) is 7.57. The van der Waals surface area contributed by atoms with E-state index in [0.29, 0.717) is 5.71 Å². The first-order valence-electron chi connectivity index (χ1n) is 9.97. The summed E-state index contributed by atoms with van der Waals surface area (Å²) in [4.78, 5) is 13.5. The molecule has 0 bridgehead atoms. The number of hydrogen-bond acceptors (Lipinski definition) is 7. The van der Waals surface area contributed by atoms with Crippen LogP contribution in [0.1, 0.15) is 23.2 Å². The summed E-state index contributed by atoms with van der Waals surface area (Å²) < 4.78 is 5.20. The highest BCUT2D eigenvalue weighted by Gasteiger charge is 2.18. The molecule has 1 N–H and O–H groups in total. The first-order chi connectivity index (χ1) is 13.6. The molecule has 1 aromatic carbocycles. The molecule has 7 heteroatoms. The zero-order valence-corrected chi connectivity index (χ0v) is 16.9. The van der Waals surface area contributed by atoms with E-state index >= 15 is 0 Å². The second kappa shape index (κ2) is 8.14. The molecule has 3 aromatic rings. The molecule has 0 aliphatic carbocycles. The van der Waals surface area contributed by atoms with Crippen molar-refractivity contribution in [2.75, 3.05) is 49.5 Å². The van der Waals surface area contributed by atoms with Crippen molar-refractivity contribution in [2.45, 2.75) is 27.2 Å². The highest BCUT2D eigenvalue weighted by molar-refractivity contribution is 5.87. The Morgan fingerprint density at radius 3 is 2.71 bits per heavy atom. The lowest BCUT2D eigenvalue weighted by Crippen LogP contribution is -2.47. The van der Waals surface area contributed by atoms with Crippen LogP contribution in [0.5, 0.6) is 0 Å². The molecule has 0 radical (unpaired) electrons. The number of rotatable bonds is 6. The minimum Gasteiger partial charge on any atom is -0.369 e. The molecule has 0 saturated carbocycles. The van der Waals surface area contributed by atoms with Crippen LogP contribution >= 0.6 is 0 Å². The normalized spacial score (nSPS) is 15.3. The maximum Gasteiger partial charge on any atom is 0.263 e. The van der Waals surface area contributed by atoms with Gasteiger partial charge in [-0.3, -0.25) is 4.90 Å². The van der Waals surface area contributed by atoms with E-state index in [1.54, 1.807) is 0 Å². The Kier molecular flexibility index (Phi) is 5.43. The molecule has 0 amide bonds. The monoisotopic (exact) mass is 380 g/mol. The van der Waals surface area contributed by atoms with Gasteiger partial charge >= 0.3 is 0 Å². The van der Waals surface area contributed by atoms with Crippen molar-refractivity contribution in [2.24, 2.45) is 0 Å². The Morgan fingerprint density at radius 1 is 1.07 bits per heavy atom. The number of piperazine rings is 1. The van der Waals surface area contributed by atoms with Gasteiger partial charge in [0.2, 0.25) is 0 Å². The van der Waals surface area contributed by atoms with Crippen LogP contribution in [-0.2, 0) is 0 Å². The third-order valence-corrected chi connectivity index (χ3v) is 5.46. The van der Waals surface area contributed by atoms with Crippen molar-refractivity contribution in [1.82, 2.24) is 20.0 Å². The van der Waals surface area contributed by atoms with Crippen molar-refractivity contribution in [1.29, 1.82) is 0 Å². The van der Waals surface area contributed by atoms with E-state index in [1.165, 1.54) is 23.1 Å². The van der Waals surface area contributed by atoms with Gasteiger partial charge in [-0.15, -0.1) is 0 Å². The van der Waals surface area contributed by atoms with Crippen LogP contribution in [0.2, 0.25) is 0 Å². The van der Waals surface area contributed by atoms with E-state index in [-0.39, 0.29) is 0 Å². The van der Waals surface area contributed by atoms with Crippen LogP contribution in [0.25, 0.3) is 11.1 Å². The SMILES string of the molecule is Cc1ccc(C)c(N2CCN(CCCNc3ncnc4onc(C)c34)CC2)c1. The smallest absolute Gasteiger partial charge is 0.263 e. The van der Waals surface area contributed by atoms with Crippen LogP contribution in [0.15, 0.2) is 29.0 Å². The Labute approximate surface area is 165 Å². The summed E-state index contributed by atoms with van der Waals surface area (Å²) in [6.07, 6.45) is 2.58. The zero-order chi connectivity index (χ0) is 19.5. The average Bonchev–Trinajstić information content (AvgIpc) is 3.09. The van der Waals surface area contributed by atoms with Gasteiger partial charge in [0, 0.05) is 38.4 Å². The number of benzene rings is 1. The van der Waals surface area contributed by atoms with Crippen LogP contribution in [-0.4, -0.2) is 59.3 Å². The van der Waals surface area contributed by atoms with Gasteiger partial charge < -0.3 is 14.7 Å². The summed E-state index contributed by atoms with van der Waals surface area (Å²) in [7, 11) is 0. The van der Waals surface area contributed by atoms with E-state index < -0.39 is 0 Å². The Balaban J connectivity index is 1.25. The molecule has 2 aromatic heterocycles. The highest BCUT2D eigenvalue weighted by Crippen LogP contribution is 2.23. The Hall–Kier alpha value is -2.67. The largest absolute Gasteiger partial charge is 0.369 e. The molecule has 0 spiro atoms. The van der Waals surface area contributed by atoms with Crippen molar-refractivity contribution in [3.05, 3.63) is 41.3 Å². The molecule has 1 fully saturated rings. The van der Waals surface area contributed by atoms with Gasteiger partial charge in [0.1, 0.15) is 17.5 Å². The number of hydrogen-bond donors (Lipinski definition) is 1. The molecule has 148 valence electrons. The summed E-state index contributed by atoms with van der Waals surface area (Å²) in [6.45, 7) is 12.6. The third-order valence-electron chi connectivity index (χ3n) is 5.46. The highest BCUT2D eigenvalue weighted by atomic mass is 16.5. The fourth-order valence-corrected chi connectivity index (χ4v) is 3.84. The second-order valence-corrected chi connectivity index (χ2v) is 7.57. The number of aryl methyl sites for hydroxylation is 3. The average molecular weight is 380 g/mol. The quantitative estimate of drug-likeness (QED) is 0.659. The Bertz CT molecular complexity index is 945. The van der Waals surface area contributed by atoms with E-state index in [9.17, 15) is 0 Å². The number of anilines is 2. The lowest BCUT2D eigenvalue weighted by molar-refractivity contribution is 0.257. The van der Waals surface area contributed by atoms with Crippen molar-refractivity contribution >= 4 is 22.6 Å². The topological polar surface area (TPSA) is 70.3 Å². The molecule has 0 atom stereocenters. The van der Waals surface area contributed by atoms with E-state index in [0.717, 1.165) is 62.6 Å². The van der Waals surface area contributed by atoms with E-state index in [2.05, 4.69) is 62.3 Å². The molecule has 1 aliphatic rings. The number of nitrogens with one attached hydrogen (secondary N) is 1. The maximum atomic E-state index is 5.20. The van der Waals surface area contributed by atoms with Gasteiger partial charge in [-0.1, -0.05) is 17.3 Å². The lowest BCUT2D eigenvalue weighted by atomic mass is 10.1. The lowest BCUT2D eigenvalue weighted by Gasteiger charge is -2.37. The Morgan fingerprint density at radius 2 is 1.89 bits per heavy atom. The maximum absolute atomic E-state index is 5.20. The molecule has 1 saturated heterocycles. The van der Waals surface area contributed by atoms with E-state index in [4.69, 9.17) is 4.52 Å². The van der Waals surface area contributed by atoms with Crippen LogP contribution in [0.4, 0.5) is 11.5 Å². The molecular weight excluding hydrogens is 352 g/mol. The first-order valence-corrected chi connectivity index (χ1v) is 9.97. The van der Waals surface area contributed by atoms with Gasteiger partial charge in [0.25, 0.3) is 5.71 Å². The number of fused-ring (bicyclic) bond motifs is 1. The van der Waals surface area contributed by atoms with Crippen LogP contribution in [0, 0.1) is 20.8 Å². The minimum absolute atomic E-state index is 0.539. The summed E-state index contributed by atoms with van der Waals surface area (Å²) >= 11 is 0. The zero-order valence-electron chi connectivity index (χ0n) is 16.9. The third kappa shape index (κ3) is 3.94. The van der Waals surface area contributed by atoms with Gasteiger partial charge in [-0.2, -0.15) is 4.98 Å². The van der Waals surface area contributed by atoms with Gasteiger partial charge in [0.15, 0.2) is 0 Å². The fraction of sp³-hybridized carbons (Fsp3) is 0.476. The predicted molar refractivity (Wildman–Crippen MR) is 112 cm³/mol. The van der Waals surface area contributed by atoms with E-state index in [1.807, 2.05) is 6.92 Å². The minimum atomic E-state index is 0.539. The molecule has 3 heterocycles. The number of aromatic nitrogens is 3. The molecule has 28 heavy (non-hydrogen) atoms. The molecule has 1 aliphatic heterocycles. The molecule has 7 nitrogen and oxygen atoms in total. The molecular formula is C21H28N6O. The summed E-state index contributed by atoms with van der Waals surface area (Å²) in [5, 5.41) is 8.26. The van der Waals surface area contributed by atoms with Crippen molar-refractivity contribution in [3.8, 4) is 0 Å². The fourth-order valence-electron chi connectivity index (χ4n) is 3.84. The van der Waals surface area contributed by atoms with Gasteiger partial charge in [0.05, 0.1) is 5.69 Å². The van der Waals surface area contributed by atoms with Crippen molar-refractivity contribution < 1.29 is 4.52 Å². The summed E-state index contributed by atoms with van der Waals surface area (Å²) in [5.74, 6) is 0.809. The van der Waals surface area contributed by atoms with Crippen LogP contribution < -0.4 is 10.2 Å². The summed E-state index contributed by atoms with van der Waals surface area (Å²) in [6, 6.07) is 6.72. The van der Waals surface area contributed by atoms with Gasteiger partial charge in [-0.05, 0) is 50.9 Å². The standard InChI is InChI=1S/C21H28N6O/c1-15-5-6-16(2)18(13-15)27-11-9-26(10-12-27)8-4-7-22-20-19-17(3)25-28-21(19)24-14-23-20/h5-6,13-14H,4,7-12H2,1-3H3,(H,22,23,24). The molecule has 0 unspecified atom stereocenters. The number of nitrogens with zero attached hydrogens (tertiary/aromatic N) is 5. The van der Waals surface area contributed by atoms with Gasteiger partial charge in [-0.25, -0.2) is 4.98 Å². The molecule has 4 rings (SSSR count). The van der Waals surface area contributed by atoms with Crippen LogP contribution in [0.3, 0.4) is 0 Å². The van der Waals surface area contributed by atoms with Crippen molar-refractivity contribution in [3.63, 3.8) is 0 Å².